The van der Waals surface area contributed by atoms with Gasteiger partial charge in [-0.2, -0.15) is 15.2 Å². The molecule has 43 heavy (non-hydrogen) atoms. The van der Waals surface area contributed by atoms with Gasteiger partial charge in [-0.25, -0.2) is 13.2 Å². The van der Waals surface area contributed by atoms with E-state index in [4.69, 9.17) is 20.2 Å². The Morgan fingerprint density at radius 1 is 1.26 bits per heavy atom. The number of nitrogens with zero attached hydrogens (tertiary/aromatic N) is 5. The molecule has 5 heterocycles. The van der Waals surface area contributed by atoms with Gasteiger partial charge in [-0.15, -0.1) is 0 Å². The summed E-state index contributed by atoms with van der Waals surface area (Å²) in [6.07, 6.45) is 2.93. The van der Waals surface area contributed by atoms with E-state index in [1.165, 1.54) is 11.8 Å². The van der Waals surface area contributed by atoms with Crippen LogP contribution < -0.4 is 15.4 Å². The van der Waals surface area contributed by atoms with E-state index < -0.39 is 41.9 Å². The molecule has 0 amide bonds. The molecule has 0 radical (unpaired) electrons. The number of nitrogens with two attached hydrogens (primary N) is 1. The third-order valence-corrected chi connectivity index (χ3v) is 10.7. The first-order chi connectivity index (χ1) is 20.5. The highest BCUT2D eigenvalue weighted by molar-refractivity contribution is 5.64. The van der Waals surface area contributed by atoms with Gasteiger partial charge in [-0.3, -0.25) is 4.90 Å². The van der Waals surface area contributed by atoms with E-state index in [0.717, 1.165) is 36.9 Å². The van der Waals surface area contributed by atoms with Crippen LogP contribution in [0.25, 0.3) is 0 Å². The van der Waals surface area contributed by atoms with Crippen LogP contribution in [0.4, 0.5) is 24.7 Å². The summed E-state index contributed by atoms with van der Waals surface area (Å²) in [5, 5.41) is 20.0. The molecule has 0 bridgehead atoms. The molecule has 12 heteroatoms. The second-order valence-corrected chi connectivity index (χ2v) is 13.1. The van der Waals surface area contributed by atoms with Crippen molar-refractivity contribution in [2.45, 2.75) is 100 Å². The Hall–Kier alpha value is -3.14. The maximum absolute atomic E-state index is 14.8. The number of benzene rings is 1. The van der Waals surface area contributed by atoms with Gasteiger partial charge in [0.25, 0.3) is 5.92 Å². The molecule has 230 valence electrons. The van der Waals surface area contributed by atoms with Crippen LogP contribution in [-0.4, -0.2) is 76.0 Å². The van der Waals surface area contributed by atoms with Crippen molar-refractivity contribution in [1.82, 2.24) is 14.9 Å². The SMILES string of the molecule is CC1CCC2(Cc3nc(OCC45CCCN4CC(F)C5)nc(N4C(C)C(F)(F)C4CO)c3CO2)c2c1ccc(N)c2C#N. The number of aliphatic hydroxyl groups excluding tert-OH is 1. The highest BCUT2D eigenvalue weighted by Crippen LogP contribution is 2.52. The maximum atomic E-state index is 14.8. The number of aliphatic hydroxyl groups is 1. The number of alkyl halides is 3. The summed E-state index contributed by atoms with van der Waals surface area (Å²) < 4.78 is 56.9. The summed E-state index contributed by atoms with van der Waals surface area (Å²) in [6, 6.07) is 3.38. The summed E-state index contributed by atoms with van der Waals surface area (Å²) in [6.45, 7) is 4.18. The van der Waals surface area contributed by atoms with Crippen molar-refractivity contribution in [3.05, 3.63) is 40.1 Å². The monoisotopic (exact) mass is 598 g/mol. The molecule has 3 saturated heterocycles. The number of ether oxygens (including phenoxy) is 2. The zero-order valence-electron chi connectivity index (χ0n) is 24.5. The Bertz CT molecular complexity index is 1500. The van der Waals surface area contributed by atoms with Crippen LogP contribution in [-0.2, 0) is 23.4 Å². The number of halogens is 3. The number of nitrogen functional groups attached to an aromatic ring is 1. The lowest BCUT2D eigenvalue weighted by Gasteiger charge is -2.54. The third-order valence-electron chi connectivity index (χ3n) is 10.7. The minimum Gasteiger partial charge on any atom is -0.461 e. The predicted octanol–water partition coefficient (Wildman–Crippen LogP) is 3.96. The molecule has 9 nitrogen and oxygen atoms in total. The fourth-order valence-corrected chi connectivity index (χ4v) is 8.33. The van der Waals surface area contributed by atoms with Crippen molar-refractivity contribution < 1.29 is 27.8 Å². The van der Waals surface area contributed by atoms with Gasteiger partial charge in [-0.1, -0.05) is 13.0 Å². The third kappa shape index (κ3) is 4.15. The van der Waals surface area contributed by atoms with Crippen molar-refractivity contribution in [2.24, 2.45) is 0 Å². The molecule has 1 aliphatic carbocycles. The Morgan fingerprint density at radius 3 is 2.84 bits per heavy atom. The number of hydrogen-bond acceptors (Lipinski definition) is 9. The quantitative estimate of drug-likeness (QED) is 0.493. The van der Waals surface area contributed by atoms with Crippen LogP contribution in [0.5, 0.6) is 6.01 Å². The lowest BCUT2D eigenvalue weighted by atomic mass is 9.69. The number of anilines is 2. The van der Waals surface area contributed by atoms with Gasteiger partial charge in [0, 0.05) is 36.2 Å². The topological polar surface area (TPSA) is 121 Å². The number of nitriles is 1. The normalized spacial score (nSPS) is 34.3. The van der Waals surface area contributed by atoms with Crippen molar-refractivity contribution >= 4 is 11.5 Å². The molecule has 3 N–H and O–H groups in total. The first-order valence-electron chi connectivity index (χ1n) is 15.2. The average molecular weight is 599 g/mol. The largest absolute Gasteiger partial charge is 0.461 e. The molecule has 1 spiro atoms. The minimum atomic E-state index is -3.11. The van der Waals surface area contributed by atoms with Gasteiger partial charge in [0.1, 0.15) is 36.3 Å². The second kappa shape index (κ2) is 9.94. The lowest BCUT2D eigenvalue weighted by Crippen LogP contribution is -2.73. The molecular weight excluding hydrogens is 561 g/mol. The first kappa shape index (κ1) is 28.6. The van der Waals surface area contributed by atoms with Gasteiger partial charge < -0.3 is 25.2 Å². The summed E-state index contributed by atoms with van der Waals surface area (Å²) in [7, 11) is 0. The van der Waals surface area contributed by atoms with E-state index in [0.29, 0.717) is 41.9 Å². The highest BCUT2D eigenvalue weighted by Gasteiger charge is 2.62. The molecule has 1 aromatic heterocycles. The summed E-state index contributed by atoms with van der Waals surface area (Å²) in [4.78, 5) is 13.0. The number of aromatic nitrogens is 2. The standard InChI is InChI=1S/C31H37F3N6O3/c1-17-6-8-30(26-20(17)4-5-23(36)21(26)12-35)11-24-22(15-43-30)27(40-18(2)31(33,34)25(40)14-41)38-28(37-24)42-16-29-7-3-9-39(29)13-19(32)10-29/h4-5,17-19,25,41H,3,6-11,13-16,36H2,1-2H3. The predicted molar refractivity (Wildman–Crippen MR) is 152 cm³/mol. The van der Waals surface area contributed by atoms with Crippen LogP contribution in [0, 0.1) is 11.3 Å². The summed E-state index contributed by atoms with van der Waals surface area (Å²) in [5.74, 6) is -2.65. The molecule has 0 saturated carbocycles. The average Bonchev–Trinajstić information content (AvgIpc) is 3.51. The zero-order valence-corrected chi connectivity index (χ0v) is 24.5. The van der Waals surface area contributed by atoms with E-state index >= 15 is 0 Å². The Morgan fingerprint density at radius 2 is 2.07 bits per heavy atom. The zero-order chi connectivity index (χ0) is 30.3. The van der Waals surface area contributed by atoms with E-state index in [1.54, 1.807) is 6.07 Å². The van der Waals surface area contributed by atoms with E-state index in [2.05, 4.69) is 22.9 Å². The van der Waals surface area contributed by atoms with Crippen LogP contribution in [0.3, 0.4) is 0 Å². The van der Waals surface area contributed by atoms with Gasteiger partial charge in [0.15, 0.2) is 0 Å². The smallest absolute Gasteiger partial charge is 0.318 e. The maximum Gasteiger partial charge on any atom is 0.318 e. The van der Waals surface area contributed by atoms with Gasteiger partial charge in [0.05, 0.1) is 36.1 Å². The number of hydrogen-bond donors (Lipinski definition) is 2. The molecule has 6 atom stereocenters. The molecule has 7 rings (SSSR count). The van der Waals surface area contributed by atoms with Gasteiger partial charge in [0.2, 0.25) is 0 Å². The molecule has 2 aromatic rings. The minimum absolute atomic E-state index is 0.0333. The van der Waals surface area contributed by atoms with Crippen LogP contribution in [0.15, 0.2) is 12.1 Å². The molecule has 6 unspecified atom stereocenters. The summed E-state index contributed by atoms with van der Waals surface area (Å²) in [5.41, 5.74) is 8.63. The van der Waals surface area contributed by atoms with Gasteiger partial charge in [-0.05, 0) is 56.7 Å². The van der Waals surface area contributed by atoms with Crippen molar-refractivity contribution in [3.63, 3.8) is 0 Å². The van der Waals surface area contributed by atoms with Crippen LogP contribution >= 0.6 is 0 Å². The Balaban J connectivity index is 1.30. The molecule has 3 fully saturated rings. The van der Waals surface area contributed by atoms with Gasteiger partial charge >= 0.3 is 6.01 Å². The molecule has 1 aromatic carbocycles. The van der Waals surface area contributed by atoms with Crippen molar-refractivity contribution in [3.8, 4) is 12.1 Å². The van der Waals surface area contributed by atoms with Crippen molar-refractivity contribution in [1.29, 1.82) is 5.26 Å². The Kier molecular flexibility index (Phi) is 6.62. The first-order valence-corrected chi connectivity index (χ1v) is 15.2. The Labute approximate surface area is 248 Å². The fraction of sp³-hybridized carbons (Fsp3) is 0.645. The highest BCUT2D eigenvalue weighted by atomic mass is 19.3. The van der Waals surface area contributed by atoms with E-state index in [-0.39, 0.29) is 37.4 Å². The molecular formula is C31H37F3N6O3. The number of rotatable bonds is 5. The van der Waals surface area contributed by atoms with Crippen LogP contribution in [0.2, 0.25) is 0 Å². The number of fused-ring (bicyclic) bond motifs is 4. The van der Waals surface area contributed by atoms with E-state index in [1.807, 2.05) is 6.07 Å². The lowest BCUT2D eigenvalue weighted by molar-refractivity contribution is -0.121. The van der Waals surface area contributed by atoms with Crippen molar-refractivity contribution in [2.75, 3.05) is 36.9 Å². The fourth-order valence-electron chi connectivity index (χ4n) is 8.33. The van der Waals surface area contributed by atoms with Crippen LogP contribution in [0.1, 0.15) is 79.8 Å². The van der Waals surface area contributed by atoms with E-state index in [9.17, 15) is 23.5 Å². The molecule has 5 aliphatic rings. The second-order valence-electron chi connectivity index (χ2n) is 13.1. The summed E-state index contributed by atoms with van der Waals surface area (Å²) >= 11 is 0. The molecule has 4 aliphatic heterocycles.